The largest absolute Gasteiger partial charge is 0.375 e. The Morgan fingerprint density at radius 1 is 0.909 bits per heavy atom. The van der Waals surface area contributed by atoms with Crippen LogP contribution in [-0.2, 0) is 16.9 Å². The molecule has 1 aliphatic rings. The molecule has 0 saturated carbocycles. The molecular weight excluding hydrogens is 457 g/mol. The fourth-order valence-electron chi connectivity index (χ4n) is 4.48. The molecule has 1 amide bonds. The number of rotatable bonds is 5. The van der Waals surface area contributed by atoms with Crippen LogP contribution in [0, 0.1) is 0 Å². The van der Waals surface area contributed by atoms with E-state index in [1.807, 2.05) is 48.5 Å². The maximum absolute atomic E-state index is 13.6. The molecule has 6 heteroatoms. The van der Waals surface area contributed by atoms with Crippen molar-refractivity contribution >= 4 is 51.4 Å². The Bertz CT molecular complexity index is 1410. The number of amides is 1. The van der Waals surface area contributed by atoms with Crippen molar-refractivity contribution in [2.75, 3.05) is 4.90 Å². The first kappa shape index (κ1) is 21.7. The average molecular weight is 476 g/mol. The van der Waals surface area contributed by atoms with Crippen molar-refractivity contribution < 1.29 is 14.7 Å². The number of aliphatic hydroxyl groups is 1. The number of anilines is 1. The summed E-state index contributed by atoms with van der Waals surface area (Å²) in [6, 6.07) is 25.5. The van der Waals surface area contributed by atoms with Crippen LogP contribution in [0.5, 0.6) is 0 Å². The maximum Gasteiger partial charge on any atom is 0.264 e. The molecule has 0 fully saturated rings. The fourth-order valence-corrected chi connectivity index (χ4v) is 4.99. The first-order chi connectivity index (χ1) is 15.9. The zero-order chi connectivity index (χ0) is 23.2. The van der Waals surface area contributed by atoms with Crippen molar-refractivity contribution in [3.05, 3.63) is 112 Å². The Balaban J connectivity index is 1.52. The van der Waals surface area contributed by atoms with E-state index in [1.54, 1.807) is 29.2 Å². The molecule has 164 valence electrons. The number of Topliss-reactive ketones (excluding diaryl/α,β-unsaturated/α-hetero) is 1. The van der Waals surface area contributed by atoms with Gasteiger partial charge in [-0.15, -0.1) is 0 Å². The van der Waals surface area contributed by atoms with E-state index < -0.39 is 23.7 Å². The van der Waals surface area contributed by atoms with E-state index in [-0.39, 0.29) is 17.1 Å². The van der Waals surface area contributed by atoms with Crippen molar-refractivity contribution in [3.8, 4) is 0 Å². The molecule has 0 bridgehead atoms. The van der Waals surface area contributed by atoms with Crippen molar-refractivity contribution in [2.45, 2.75) is 18.6 Å². The third-order valence-corrected chi connectivity index (χ3v) is 6.64. The van der Waals surface area contributed by atoms with Crippen LogP contribution in [0.1, 0.15) is 27.9 Å². The third kappa shape index (κ3) is 3.70. The number of fused-ring (bicyclic) bond motifs is 2. The molecule has 4 aromatic carbocycles. The number of hydrogen-bond donors (Lipinski definition) is 1. The van der Waals surface area contributed by atoms with Gasteiger partial charge in [0, 0.05) is 16.1 Å². The van der Waals surface area contributed by atoms with Crippen LogP contribution < -0.4 is 4.90 Å². The molecule has 0 spiro atoms. The molecule has 0 aromatic heterocycles. The number of carbonyl (C=O) groups excluding carboxylic acids is 2. The number of carbonyl (C=O) groups is 2. The van der Waals surface area contributed by atoms with Gasteiger partial charge in [0.15, 0.2) is 11.4 Å². The van der Waals surface area contributed by atoms with Crippen LogP contribution in [0.3, 0.4) is 0 Å². The van der Waals surface area contributed by atoms with E-state index in [0.717, 1.165) is 16.3 Å². The maximum atomic E-state index is 13.6. The minimum absolute atomic E-state index is 0.183. The summed E-state index contributed by atoms with van der Waals surface area (Å²) in [4.78, 5) is 28.2. The lowest BCUT2D eigenvalue weighted by Gasteiger charge is -2.23. The highest BCUT2D eigenvalue weighted by Crippen LogP contribution is 2.44. The normalized spacial score (nSPS) is 17.4. The summed E-state index contributed by atoms with van der Waals surface area (Å²) in [5.74, 6) is -0.968. The molecule has 4 aromatic rings. The Morgan fingerprint density at radius 2 is 1.64 bits per heavy atom. The van der Waals surface area contributed by atoms with Crippen molar-refractivity contribution in [1.29, 1.82) is 0 Å². The van der Waals surface area contributed by atoms with Crippen LogP contribution in [0.2, 0.25) is 10.0 Å². The third-order valence-electron chi connectivity index (χ3n) is 6.10. The molecule has 0 saturated heterocycles. The van der Waals surface area contributed by atoms with E-state index >= 15 is 0 Å². The number of nitrogens with zero attached hydrogens (tertiary/aromatic N) is 1. The van der Waals surface area contributed by atoms with Crippen LogP contribution in [-0.4, -0.2) is 16.8 Å². The van der Waals surface area contributed by atoms with Gasteiger partial charge < -0.3 is 10.0 Å². The summed E-state index contributed by atoms with van der Waals surface area (Å²) in [5, 5.41) is 14.3. The molecule has 0 unspecified atom stereocenters. The topological polar surface area (TPSA) is 57.6 Å². The van der Waals surface area contributed by atoms with E-state index in [2.05, 4.69) is 0 Å². The predicted octanol–water partition coefficient (Wildman–Crippen LogP) is 6.15. The first-order valence-corrected chi connectivity index (χ1v) is 11.2. The van der Waals surface area contributed by atoms with Gasteiger partial charge in [-0.3, -0.25) is 9.59 Å². The fraction of sp³-hybridized carbons (Fsp3) is 0.111. The van der Waals surface area contributed by atoms with E-state index in [1.165, 1.54) is 12.1 Å². The number of para-hydroxylation sites is 1. The molecule has 1 atom stereocenters. The molecule has 1 heterocycles. The van der Waals surface area contributed by atoms with Crippen LogP contribution in [0.4, 0.5) is 5.69 Å². The second kappa shape index (κ2) is 8.31. The summed E-state index contributed by atoms with van der Waals surface area (Å²) in [7, 11) is 0. The van der Waals surface area contributed by atoms with Crippen LogP contribution in [0.25, 0.3) is 10.8 Å². The second-order valence-corrected chi connectivity index (χ2v) is 8.97. The zero-order valence-corrected chi connectivity index (χ0v) is 19.0. The van der Waals surface area contributed by atoms with Gasteiger partial charge in [0.1, 0.15) is 0 Å². The van der Waals surface area contributed by atoms with Crippen LogP contribution >= 0.6 is 23.2 Å². The van der Waals surface area contributed by atoms with Gasteiger partial charge in [0.05, 0.1) is 23.7 Å². The lowest BCUT2D eigenvalue weighted by molar-refractivity contribution is -0.136. The molecule has 1 N–H and O–H groups in total. The molecule has 0 aliphatic carbocycles. The van der Waals surface area contributed by atoms with Gasteiger partial charge in [-0.2, -0.15) is 0 Å². The van der Waals surface area contributed by atoms with Crippen molar-refractivity contribution in [1.82, 2.24) is 0 Å². The Morgan fingerprint density at radius 3 is 2.45 bits per heavy atom. The minimum Gasteiger partial charge on any atom is -0.375 e. The molecule has 5 rings (SSSR count). The van der Waals surface area contributed by atoms with Gasteiger partial charge in [-0.05, 0) is 40.6 Å². The summed E-state index contributed by atoms with van der Waals surface area (Å²) in [5.41, 5.74) is 0.183. The van der Waals surface area contributed by atoms with E-state index in [0.29, 0.717) is 16.3 Å². The number of hydrogen-bond acceptors (Lipinski definition) is 3. The lowest BCUT2D eigenvalue weighted by Crippen LogP contribution is -2.41. The highest BCUT2D eigenvalue weighted by atomic mass is 35.5. The summed E-state index contributed by atoms with van der Waals surface area (Å²) < 4.78 is 0. The van der Waals surface area contributed by atoms with Crippen molar-refractivity contribution in [3.63, 3.8) is 0 Å². The number of ketones is 1. The Kier molecular flexibility index (Phi) is 5.45. The Hall–Kier alpha value is -3.18. The van der Waals surface area contributed by atoms with Crippen molar-refractivity contribution in [2.24, 2.45) is 0 Å². The summed E-state index contributed by atoms with van der Waals surface area (Å²) in [6.07, 6.45) is -0.420. The van der Waals surface area contributed by atoms with Gasteiger partial charge in [-0.1, -0.05) is 83.9 Å². The van der Waals surface area contributed by atoms with Gasteiger partial charge in [-0.25, -0.2) is 0 Å². The molecule has 0 radical (unpaired) electrons. The molecule has 33 heavy (non-hydrogen) atoms. The monoisotopic (exact) mass is 475 g/mol. The SMILES string of the molecule is O=C(C[C@@]1(O)C(=O)N(Cc2cccc3ccccc23)c2ccccc21)c1ccc(Cl)cc1Cl. The summed E-state index contributed by atoms with van der Waals surface area (Å²) in [6.45, 7) is 0.273. The van der Waals surface area contributed by atoms with Gasteiger partial charge in [0.2, 0.25) is 0 Å². The minimum atomic E-state index is -1.98. The smallest absolute Gasteiger partial charge is 0.264 e. The molecule has 1 aliphatic heterocycles. The standard InChI is InChI=1S/C27H19Cl2NO3/c28-19-12-13-21(23(29)14-19)25(31)15-27(33)22-10-3-4-11-24(22)30(26(27)32)16-18-8-5-7-17-6-1-2-9-20(17)18/h1-14,33H,15-16H2/t27-/m0/s1. The van der Waals surface area contributed by atoms with Gasteiger partial charge >= 0.3 is 0 Å². The first-order valence-electron chi connectivity index (χ1n) is 10.5. The number of halogens is 2. The predicted molar refractivity (Wildman–Crippen MR) is 131 cm³/mol. The van der Waals surface area contributed by atoms with E-state index in [4.69, 9.17) is 23.2 Å². The van der Waals surface area contributed by atoms with Crippen LogP contribution in [0.15, 0.2) is 84.9 Å². The highest BCUT2D eigenvalue weighted by molar-refractivity contribution is 6.37. The quantitative estimate of drug-likeness (QED) is 0.352. The Labute approximate surface area is 201 Å². The molecule has 4 nitrogen and oxygen atoms in total. The second-order valence-electron chi connectivity index (χ2n) is 8.13. The zero-order valence-electron chi connectivity index (χ0n) is 17.5. The average Bonchev–Trinajstić information content (AvgIpc) is 3.01. The number of benzene rings is 4. The lowest BCUT2D eigenvalue weighted by atomic mass is 9.88. The van der Waals surface area contributed by atoms with Gasteiger partial charge in [0.25, 0.3) is 5.91 Å². The summed E-state index contributed by atoms with van der Waals surface area (Å²) >= 11 is 12.1. The molecular formula is C27H19Cl2NO3. The highest BCUT2D eigenvalue weighted by Gasteiger charge is 2.51. The van der Waals surface area contributed by atoms with E-state index in [9.17, 15) is 14.7 Å².